The molecule has 0 spiro atoms. The van der Waals surface area contributed by atoms with Crippen molar-refractivity contribution in [1.82, 2.24) is 9.97 Å². The largest absolute Gasteiger partial charge is 0.504 e. The zero-order valence-corrected chi connectivity index (χ0v) is 12.2. The monoisotopic (exact) mass is 316 g/mol. The van der Waals surface area contributed by atoms with Crippen molar-refractivity contribution in [2.75, 3.05) is 14.2 Å². The van der Waals surface area contributed by atoms with Gasteiger partial charge in [0, 0.05) is 6.20 Å². The molecule has 0 atom stereocenters. The Morgan fingerprint density at radius 1 is 1.22 bits per heavy atom. The normalized spacial score (nSPS) is 14.5. The molecule has 0 saturated heterocycles. The Balaban J connectivity index is 2.03. The molecule has 0 bridgehead atoms. The fourth-order valence-corrected chi connectivity index (χ4v) is 2.09. The van der Waals surface area contributed by atoms with E-state index in [0.717, 1.165) is 0 Å². The van der Waals surface area contributed by atoms with Crippen LogP contribution in [-0.4, -0.2) is 40.2 Å². The number of Topliss-reactive ketones (excluding diaryl/α,β-unsaturated/α-hetero) is 1. The average Bonchev–Trinajstić information content (AvgIpc) is 2.88. The van der Waals surface area contributed by atoms with E-state index in [2.05, 4.69) is 9.97 Å². The second kappa shape index (κ2) is 5.48. The Morgan fingerprint density at radius 3 is 2.70 bits per heavy atom. The minimum absolute atomic E-state index is 0.0482. The van der Waals surface area contributed by atoms with E-state index in [9.17, 15) is 15.0 Å². The van der Waals surface area contributed by atoms with Crippen LogP contribution in [0.2, 0.25) is 0 Å². The summed E-state index contributed by atoms with van der Waals surface area (Å²) in [5, 5.41) is 19.2. The van der Waals surface area contributed by atoms with Crippen LogP contribution in [0.1, 0.15) is 15.9 Å². The number of allylic oxidation sites excluding steroid dienone is 1. The molecule has 118 valence electrons. The van der Waals surface area contributed by atoms with Crippen LogP contribution in [0.4, 0.5) is 0 Å². The summed E-state index contributed by atoms with van der Waals surface area (Å²) < 4.78 is 15.4. The summed E-state index contributed by atoms with van der Waals surface area (Å²) in [6.45, 7) is 0. The van der Waals surface area contributed by atoms with Gasteiger partial charge in [0.1, 0.15) is 0 Å². The number of phenols is 2. The lowest BCUT2D eigenvalue weighted by molar-refractivity contribution is 0.101. The highest BCUT2D eigenvalue weighted by Gasteiger charge is 2.31. The molecule has 0 radical (unpaired) electrons. The molecule has 2 N–H and O–H groups in total. The molecule has 8 nitrogen and oxygen atoms in total. The summed E-state index contributed by atoms with van der Waals surface area (Å²) in [6, 6.07) is 2.71. The summed E-state index contributed by atoms with van der Waals surface area (Å²) in [6.07, 6.45) is 2.80. The number of nitrogens with zero attached hydrogens (tertiary/aromatic N) is 2. The van der Waals surface area contributed by atoms with E-state index in [1.54, 1.807) is 0 Å². The first-order chi connectivity index (χ1) is 11.0. The number of fused-ring (bicyclic) bond motifs is 1. The van der Waals surface area contributed by atoms with Crippen molar-refractivity contribution in [1.29, 1.82) is 0 Å². The van der Waals surface area contributed by atoms with Gasteiger partial charge in [-0.05, 0) is 18.2 Å². The SMILES string of the molecule is COc1ncc(/C=C2\Oc3c(ccc(O)c3O)C2=O)c(OC)n1. The van der Waals surface area contributed by atoms with Gasteiger partial charge >= 0.3 is 6.01 Å². The van der Waals surface area contributed by atoms with Crippen molar-refractivity contribution in [2.24, 2.45) is 0 Å². The molecule has 0 amide bonds. The number of aromatic hydroxyl groups is 2. The van der Waals surface area contributed by atoms with E-state index in [0.29, 0.717) is 5.56 Å². The van der Waals surface area contributed by atoms with Gasteiger partial charge in [-0.25, -0.2) is 4.98 Å². The topological polar surface area (TPSA) is 111 Å². The number of aromatic nitrogens is 2. The zero-order valence-electron chi connectivity index (χ0n) is 12.2. The first-order valence-corrected chi connectivity index (χ1v) is 6.49. The van der Waals surface area contributed by atoms with Crippen molar-refractivity contribution in [2.45, 2.75) is 0 Å². The standard InChI is InChI=1S/C15H12N2O6/c1-21-14-7(6-16-15(17-14)22-2)5-10-11(19)8-3-4-9(18)12(20)13(8)23-10/h3-6,18,20H,1-2H3/b10-5-. The third-order valence-electron chi connectivity index (χ3n) is 3.21. The van der Waals surface area contributed by atoms with Crippen LogP contribution >= 0.6 is 0 Å². The molecule has 23 heavy (non-hydrogen) atoms. The van der Waals surface area contributed by atoms with Crippen molar-refractivity contribution >= 4 is 11.9 Å². The molecule has 0 saturated carbocycles. The van der Waals surface area contributed by atoms with Crippen LogP contribution in [0.3, 0.4) is 0 Å². The summed E-state index contributed by atoms with van der Waals surface area (Å²) in [4.78, 5) is 20.2. The summed E-state index contributed by atoms with van der Waals surface area (Å²) in [7, 11) is 2.84. The van der Waals surface area contributed by atoms with Crippen molar-refractivity contribution < 1.29 is 29.2 Å². The smallest absolute Gasteiger partial charge is 0.319 e. The number of hydrogen-bond acceptors (Lipinski definition) is 8. The van der Waals surface area contributed by atoms with Crippen LogP contribution < -0.4 is 14.2 Å². The molecule has 1 aromatic heterocycles. The number of phenolic OH excluding ortho intramolecular Hbond substituents is 2. The van der Waals surface area contributed by atoms with E-state index in [-0.39, 0.29) is 34.7 Å². The summed E-state index contributed by atoms with van der Waals surface area (Å²) in [5.74, 6) is -1.24. The fourth-order valence-electron chi connectivity index (χ4n) is 2.09. The van der Waals surface area contributed by atoms with Gasteiger partial charge in [-0.3, -0.25) is 4.79 Å². The van der Waals surface area contributed by atoms with E-state index in [1.807, 2.05) is 0 Å². The van der Waals surface area contributed by atoms with Gasteiger partial charge < -0.3 is 24.4 Å². The lowest BCUT2D eigenvalue weighted by Crippen LogP contribution is -2.01. The van der Waals surface area contributed by atoms with E-state index in [1.165, 1.54) is 38.6 Å². The lowest BCUT2D eigenvalue weighted by atomic mass is 10.1. The highest BCUT2D eigenvalue weighted by Crippen LogP contribution is 2.44. The molecule has 1 aromatic carbocycles. The third-order valence-corrected chi connectivity index (χ3v) is 3.21. The van der Waals surface area contributed by atoms with Gasteiger partial charge in [0.25, 0.3) is 0 Å². The molecule has 2 aromatic rings. The minimum Gasteiger partial charge on any atom is -0.504 e. The number of hydrogen-bond donors (Lipinski definition) is 2. The minimum atomic E-state index is -0.489. The van der Waals surface area contributed by atoms with E-state index >= 15 is 0 Å². The number of carbonyl (C=O) groups excluding carboxylic acids is 1. The first-order valence-electron chi connectivity index (χ1n) is 6.49. The third kappa shape index (κ3) is 2.39. The van der Waals surface area contributed by atoms with Gasteiger partial charge in [0.2, 0.25) is 17.4 Å². The number of ketones is 1. The number of ether oxygens (including phenoxy) is 3. The van der Waals surface area contributed by atoms with Crippen molar-refractivity contribution in [3.63, 3.8) is 0 Å². The van der Waals surface area contributed by atoms with Crippen molar-refractivity contribution in [3.8, 4) is 29.1 Å². The molecule has 0 unspecified atom stereocenters. The second-order valence-electron chi connectivity index (χ2n) is 4.57. The molecule has 8 heteroatoms. The molecule has 3 rings (SSSR count). The fraction of sp³-hybridized carbons (Fsp3) is 0.133. The predicted molar refractivity (Wildman–Crippen MR) is 77.8 cm³/mol. The Labute approximate surface area is 130 Å². The van der Waals surface area contributed by atoms with Crippen molar-refractivity contribution in [3.05, 3.63) is 35.2 Å². The molecule has 1 aliphatic rings. The maximum atomic E-state index is 12.3. The van der Waals surface area contributed by atoms with Gasteiger partial charge in [0.15, 0.2) is 17.3 Å². The van der Waals surface area contributed by atoms with Crippen LogP contribution in [0, 0.1) is 0 Å². The maximum absolute atomic E-state index is 12.3. The van der Waals surface area contributed by atoms with Crippen LogP contribution in [0.25, 0.3) is 6.08 Å². The van der Waals surface area contributed by atoms with Gasteiger partial charge in [-0.2, -0.15) is 4.98 Å². The summed E-state index contributed by atoms with van der Waals surface area (Å²) >= 11 is 0. The molecule has 0 aliphatic carbocycles. The van der Waals surface area contributed by atoms with Crippen LogP contribution in [0.15, 0.2) is 24.1 Å². The second-order valence-corrected chi connectivity index (χ2v) is 4.57. The number of benzene rings is 1. The Bertz CT molecular complexity index is 831. The first kappa shape index (κ1) is 14.6. The Hall–Kier alpha value is -3.29. The lowest BCUT2D eigenvalue weighted by Gasteiger charge is -2.06. The maximum Gasteiger partial charge on any atom is 0.319 e. The van der Waals surface area contributed by atoms with Gasteiger partial charge in [-0.1, -0.05) is 0 Å². The number of methoxy groups -OCH3 is 2. The van der Waals surface area contributed by atoms with E-state index in [4.69, 9.17) is 14.2 Å². The quantitative estimate of drug-likeness (QED) is 0.647. The molecular formula is C15H12N2O6. The Morgan fingerprint density at radius 2 is 2.00 bits per heavy atom. The zero-order chi connectivity index (χ0) is 16.6. The number of carbonyl (C=O) groups is 1. The average molecular weight is 316 g/mol. The predicted octanol–water partition coefficient (Wildman–Crippen LogP) is 1.52. The summed E-state index contributed by atoms with van der Waals surface area (Å²) in [5.41, 5.74) is 0.549. The number of rotatable bonds is 3. The van der Waals surface area contributed by atoms with E-state index < -0.39 is 11.5 Å². The Kier molecular flexibility index (Phi) is 3.49. The van der Waals surface area contributed by atoms with Crippen LogP contribution in [0.5, 0.6) is 29.1 Å². The van der Waals surface area contributed by atoms with Gasteiger partial charge in [-0.15, -0.1) is 0 Å². The molecular weight excluding hydrogens is 304 g/mol. The van der Waals surface area contributed by atoms with Gasteiger partial charge in [0.05, 0.1) is 25.3 Å². The highest BCUT2D eigenvalue weighted by atomic mass is 16.5. The molecule has 1 aliphatic heterocycles. The highest BCUT2D eigenvalue weighted by molar-refractivity contribution is 6.15. The molecule has 2 heterocycles. The van der Waals surface area contributed by atoms with Crippen LogP contribution in [-0.2, 0) is 0 Å². The molecule has 0 fully saturated rings.